The van der Waals surface area contributed by atoms with Crippen LogP contribution in [0.1, 0.15) is 30.0 Å². The van der Waals surface area contributed by atoms with E-state index in [0.29, 0.717) is 31.3 Å². The maximum atomic E-state index is 11.7. The van der Waals surface area contributed by atoms with Crippen molar-refractivity contribution in [3.05, 3.63) is 58.8 Å². The molecule has 1 aliphatic heterocycles. The second kappa shape index (κ2) is 9.82. The number of imide groups is 1. The Kier molecular flexibility index (Phi) is 6.95. The standard InChI is InChI=1S/C23H26N2O5/c1-4-28-21-14-17(13-18-22(26)25-23(27)24-18)8-9-19(21)29-10-5-11-30-20-12-15(2)6-7-16(20)3/h6-9,12-14H,4-5,10-11H2,1-3H3,(H2,24,25,26,27)/b18-13-. The summed E-state index contributed by atoms with van der Waals surface area (Å²) >= 11 is 0. The average molecular weight is 410 g/mol. The van der Waals surface area contributed by atoms with Gasteiger partial charge in [0.1, 0.15) is 11.4 Å². The molecule has 0 bridgehead atoms. The van der Waals surface area contributed by atoms with Gasteiger partial charge in [0.15, 0.2) is 11.5 Å². The third-order valence-corrected chi connectivity index (χ3v) is 4.45. The van der Waals surface area contributed by atoms with Gasteiger partial charge in [-0.1, -0.05) is 18.2 Å². The number of nitrogens with one attached hydrogen (secondary N) is 2. The first kappa shape index (κ1) is 21.2. The Labute approximate surface area is 176 Å². The highest BCUT2D eigenvalue weighted by molar-refractivity contribution is 6.14. The van der Waals surface area contributed by atoms with Crippen LogP contribution in [0.3, 0.4) is 0 Å². The predicted octanol–water partition coefficient (Wildman–Crippen LogP) is 3.73. The molecule has 0 radical (unpaired) electrons. The molecule has 1 aliphatic rings. The van der Waals surface area contributed by atoms with Gasteiger partial charge < -0.3 is 19.5 Å². The molecular formula is C23H26N2O5. The van der Waals surface area contributed by atoms with Crippen LogP contribution in [0, 0.1) is 13.8 Å². The fraction of sp³-hybridized carbons (Fsp3) is 0.304. The van der Waals surface area contributed by atoms with Crippen molar-refractivity contribution >= 4 is 18.0 Å². The Bertz CT molecular complexity index is 968. The average Bonchev–Trinajstić information content (AvgIpc) is 3.02. The van der Waals surface area contributed by atoms with Crippen LogP contribution in [0.4, 0.5) is 4.79 Å². The van der Waals surface area contributed by atoms with Gasteiger partial charge >= 0.3 is 6.03 Å². The van der Waals surface area contributed by atoms with Crippen molar-refractivity contribution in [1.82, 2.24) is 10.6 Å². The molecule has 1 heterocycles. The second-order valence-electron chi connectivity index (χ2n) is 6.92. The van der Waals surface area contributed by atoms with Gasteiger partial charge in [-0.3, -0.25) is 10.1 Å². The van der Waals surface area contributed by atoms with E-state index in [0.717, 1.165) is 28.9 Å². The van der Waals surface area contributed by atoms with E-state index in [9.17, 15) is 9.59 Å². The number of aryl methyl sites for hydroxylation is 2. The molecule has 3 rings (SSSR count). The molecule has 0 spiro atoms. The minimum absolute atomic E-state index is 0.194. The van der Waals surface area contributed by atoms with Crippen molar-refractivity contribution in [2.45, 2.75) is 27.2 Å². The van der Waals surface area contributed by atoms with E-state index in [1.807, 2.05) is 32.9 Å². The lowest BCUT2D eigenvalue weighted by molar-refractivity contribution is -0.115. The van der Waals surface area contributed by atoms with Crippen molar-refractivity contribution in [1.29, 1.82) is 0 Å². The number of carbonyl (C=O) groups is 2. The first-order valence-corrected chi connectivity index (χ1v) is 9.90. The largest absolute Gasteiger partial charge is 0.493 e. The van der Waals surface area contributed by atoms with Crippen LogP contribution in [0.5, 0.6) is 17.2 Å². The Morgan fingerprint density at radius 3 is 2.33 bits per heavy atom. The van der Waals surface area contributed by atoms with Gasteiger partial charge in [0.25, 0.3) is 5.91 Å². The third-order valence-electron chi connectivity index (χ3n) is 4.45. The number of ether oxygens (including phenoxy) is 3. The van der Waals surface area contributed by atoms with Crippen LogP contribution in [0.2, 0.25) is 0 Å². The minimum Gasteiger partial charge on any atom is -0.493 e. The minimum atomic E-state index is -0.528. The molecule has 0 atom stereocenters. The number of hydrogen-bond donors (Lipinski definition) is 2. The summed E-state index contributed by atoms with van der Waals surface area (Å²) in [5.74, 6) is 1.63. The normalized spacial score (nSPS) is 14.4. The summed E-state index contributed by atoms with van der Waals surface area (Å²) in [6.07, 6.45) is 2.31. The summed E-state index contributed by atoms with van der Waals surface area (Å²) in [5.41, 5.74) is 3.19. The van der Waals surface area contributed by atoms with Crippen molar-refractivity contribution in [3.63, 3.8) is 0 Å². The molecular weight excluding hydrogens is 384 g/mol. The molecule has 1 saturated heterocycles. The highest BCUT2D eigenvalue weighted by Crippen LogP contribution is 2.29. The van der Waals surface area contributed by atoms with Crippen LogP contribution < -0.4 is 24.8 Å². The third kappa shape index (κ3) is 5.53. The van der Waals surface area contributed by atoms with E-state index in [-0.39, 0.29) is 5.70 Å². The molecule has 0 aromatic heterocycles. The molecule has 2 aromatic carbocycles. The van der Waals surface area contributed by atoms with E-state index < -0.39 is 11.9 Å². The van der Waals surface area contributed by atoms with Gasteiger partial charge in [0.2, 0.25) is 0 Å². The van der Waals surface area contributed by atoms with Gasteiger partial charge in [-0.15, -0.1) is 0 Å². The zero-order valence-electron chi connectivity index (χ0n) is 17.4. The van der Waals surface area contributed by atoms with Crippen molar-refractivity contribution in [2.75, 3.05) is 19.8 Å². The highest BCUT2D eigenvalue weighted by atomic mass is 16.5. The Hall–Kier alpha value is -3.48. The van der Waals surface area contributed by atoms with Gasteiger partial charge in [-0.2, -0.15) is 0 Å². The summed E-state index contributed by atoms with van der Waals surface area (Å²) in [6.45, 7) is 7.45. The molecule has 30 heavy (non-hydrogen) atoms. The number of hydrogen-bond acceptors (Lipinski definition) is 5. The quantitative estimate of drug-likeness (QED) is 0.374. The highest BCUT2D eigenvalue weighted by Gasteiger charge is 2.22. The van der Waals surface area contributed by atoms with Crippen molar-refractivity contribution in [3.8, 4) is 17.2 Å². The van der Waals surface area contributed by atoms with Gasteiger partial charge in [-0.05, 0) is 61.7 Å². The number of urea groups is 1. The van der Waals surface area contributed by atoms with Crippen LogP contribution in [-0.2, 0) is 4.79 Å². The fourth-order valence-corrected chi connectivity index (χ4v) is 2.94. The van der Waals surface area contributed by atoms with Gasteiger partial charge in [0.05, 0.1) is 19.8 Å². The van der Waals surface area contributed by atoms with E-state index in [4.69, 9.17) is 14.2 Å². The summed E-state index contributed by atoms with van der Waals surface area (Å²) in [6, 6.07) is 11.0. The zero-order chi connectivity index (χ0) is 21.5. The molecule has 1 fully saturated rings. The second-order valence-corrected chi connectivity index (χ2v) is 6.92. The number of rotatable bonds is 9. The van der Waals surface area contributed by atoms with E-state index in [2.05, 4.69) is 16.7 Å². The van der Waals surface area contributed by atoms with Crippen LogP contribution in [0.15, 0.2) is 42.1 Å². The summed E-state index contributed by atoms with van der Waals surface area (Å²) in [4.78, 5) is 22.9. The Morgan fingerprint density at radius 2 is 1.63 bits per heavy atom. The lowest BCUT2D eigenvalue weighted by Gasteiger charge is -2.14. The molecule has 7 nitrogen and oxygen atoms in total. The fourth-order valence-electron chi connectivity index (χ4n) is 2.94. The van der Waals surface area contributed by atoms with Crippen LogP contribution in [0.25, 0.3) is 6.08 Å². The molecule has 2 aromatic rings. The molecule has 158 valence electrons. The maximum absolute atomic E-state index is 11.7. The summed E-state index contributed by atoms with van der Waals surface area (Å²) < 4.78 is 17.4. The van der Waals surface area contributed by atoms with Crippen LogP contribution >= 0.6 is 0 Å². The first-order chi connectivity index (χ1) is 14.5. The van der Waals surface area contributed by atoms with Gasteiger partial charge in [0, 0.05) is 6.42 Å². The smallest absolute Gasteiger partial charge is 0.326 e. The molecule has 0 saturated carbocycles. The topological polar surface area (TPSA) is 85.9 Å². The molecule has 3 amide bonds. The Balaban J connectivity index is 1.57. The summed E-state index contributed by atoms with van der Waals surface area (Å²) in [7, 11) is 0. The van der Waals surface area contributed by atoms with Crippen LogP contribution in [-0.4, -0.2) is 31.8 Å². The van der Waals surface area contributed by atoms with Crippen molar-refractivity contribution < 1.29 is 23.8 Å². The number of amides is 3. The van der Waals surface area contributed by atoms with Gasteiger partial charge in [-0.25, -0.2) is 4.79 Å². The van der Waals surface area contributed by atoms with E-state index >= 15 is 0 Å². The first-order valence-electron chi connectivity index (χ1n) is 9.90. The Morgan fingerprint density at radius 1 is 0.867 bits per heavy atom. The zero-order valence-corrected chi connectivity index (χ0v) is 17.4. The van der Waals surface area contributed by atoms with E-state index in [1.54, 1.807) is 24.3 Å². The number of carbonyl (C=O) groups excluding carboxylic acids is 2. The molecule has 0 unspecified atom stereocenters. The molecule has 0 aliphatic carbocycles. The SMILES string of the molecule is CCOc1cc(/C=C2\NC(=O)NC2=O)ccc1OCCCOc1cc(C)ccc1C. The summed E-state index contributed by atoms with van der Waals surface area (Å²) in [5, 5.41) is 4.63. The van der Waals surface area contributed by atoms with Crippen molar-refractivity contribution in [2.24, 2.45) is 0 Å². The molecule has 2 N–H and O–H groups in total. The number of benzene rings is 2. The van der Waals surface area contributed by atoms with E-state index in [1.165, 1.54) is 0 Å². The molecule has 7 heteroatoms. The lowest BCUT2D eigenvalue weighted by Crippen LogP contribution is -2.22. The predicted molar refractivity (Wildman–Crippen MR) is 114 cm³/mol. The maximum Gasteiger partial charge on any atom is 0.326 e. The lowest BCUT2D eigenvalue weighted by atomic mass is 10.1. The monoisotopic (exact) mass is 410 g/mol.